The van der Waals surface area contributed by atoms with Gasteiger partial charge in [0.2, 0.25) is 5.91 Å². The summed E-state index contributed by atoms with van der Waals surface area (Å²) < 4.78 is 0. The molecule has 3 unspecified atom stereocenters. The third-order valence-electron chi connectivity index (χ3n) is 7.67. The molecule has 6 nitrogen and oxygen atoms in total. The van der Waals surface area contributed by atoms with E-state index in [1.807, 2.05) is 24.3 Å². The number of carbonyl (C=O) groups excluding carboxylic acids is 3. The van der Waals surface area contributed by atoms with Crippen LogP contribution >= 0.6 is 0 Å². The van der Waals surface area contributed by atoms with E-state index in [0.29, 0.717) is 24.9 Å². The third-order valence-corrected chi connectivity index (χ3v) is 7.67. The highest BCUT2D eigenvalue weighted by Gasteiger charge is 2.35. The highest BCUT2D eigenvalue weighted by Crippen LogP contribution is 2.27. The minimum Gasteiger partial charge on any atom is -0.364 e. The van der Waals surface area contributed by atoms with Gasteiger partial charge in [-0.05, 0) is 68.2 Å². The van der Waals surface area contributed by atoms with Crippen LogP contribution in [0.4, 0.5) is 5.69 Å². The second-order valence-corrected chi connectivity index (χ2v) is 11.0. The van der Waals surface area contributed by atoms with Crippen LogP contribution in [0.3, 0.4) is 0 Å². The van der Waals surface area contributed by atoms with E-state index in [9.17, 15) is 14.4 Å². The molecular weight excluding hydrogens is 462 g/mol. The summed E-state index contributed by atoms with van der Waals surface area (Å²) in [4.78, 5) is 42.1. The number of benzene rings is 2. The highest BCUT2D eigenvalue weighted by atomic mass is 16.2. The number of aryl methyl sites for hydroxylation is 1. The summed E-state index contributed by atoms with van der Waals surface area (Å²) in [5, 5.41) is 6.22. The fraction of sp³-hybridized carbons (Fsp3) is 0.516. The summed E-state index contributed by atoms with van der Waals surface area (Å²) in [7, 11) is 0. The Bertz CT molecular complexity index is 1070. The molecule has 6 heteroatoms. The van der Waals surface area contributed by atoms with Gasteiger partial charge in [-0.25, -0.2) is 0 Å². The molecule has 37 heavy (non-hydrogen) atoms. The summed E-state index contributed by atoms with van der Waals surface area (Å²) in [6.45, 7) is 5.31. The fourth-order valence-electron chi connectivity index (χ4n) is 5.71. The van der Waals surface area contributed by atoms with Crippen LogP contribution in [-0.2, 0) is 16.0 Å². The molecule has 0 saturated heterocycles. The van der Waals surface area contributed by atoms with Crippen molar-refractivity contribution in [3.63, 3.8) is 0 Å². The quantitative estimate of drug-likeness (QED) is 0.509. The smallest absolute Gasteiger partial charge is 0.251 e. The third kappa shape index (κ3) is 7.21. The van der Waals surface area contributed by atoms with Crippen LogP contribution in [0.15, 0.2) is 54.6 Å². The van der Waals surface area contributed by atoms with Gasteiger partial charge in [0.25, 0.3) is 5.91 Å². The Balaban J connectivity index is 1.44. The van der Waals surface area contributed by atoms with Crippen molar-refractivity contribution in [2.45, 2.75) is 77.3 Å². The lowest BCUT2D eigenvalue weighted by atomic mass is 9.83. The lowest BCUT2D eigenvalue weighted by Crippen LogP contribution is -2.53. The standard InChI is InChI=1S/C31H41N3O3/c1-22(2)20-27(29(35)21-34-19-11-10-13-23-12-6-9-18-28(23)34)33-31(37)25-16-7-8-17-26(25)32-30(36)24-14-4-3-5-15-24/h3-6,9,12,14-15,18,22,25-27H,7-8,10-11,13,16-17,19-21H2,1-2H3,(H,32,36)(H,33,37). The van der Waals surface area contributed by atoms with E-state index in [1.54, 1.807) is 12.1 Å². The number of hydrogen-bond acceptors (Lipinski definition) is 4. The van der Waals surface area contributed by atoms with Crippen molar-refractivity contribution in [3.8, 4) is 0 Å². The number of rotatable bonds is 9. The maximum Gasteiger partial charge on any atom is 0.251 e. The van der Waals surface area contributed by atoms with Crippen molar-refractivity contribution < 1.29 is 14.4 Å². The molecule has 2 aliphatic rings. The second kappa shape index (κ2) is 12.9. The molecule has 1 aliphatic heterocycles. The molecule has 198 valence electrons. The number of nitrogens with one attached hydrogen (secondary N) is 2. The monoisotopic (exact) mass is 503 g/mol. The van der Waals surface area contributed by atoms with E-state index >= 15 is 0 Å². The molecule has 1 heterocycles. The average molecular weight is 504 g/mol. The molecule has 0 aromatic heterocycles. The van der Waals surface area contributed by atoms with Crippen LogP contribution in [0.5, 0.6) is 0 Å². The minimum absolute atomic E-state index is 0.0550. The molecular formula is C31H41N3O3. The molecule has 0 spiro atoms. The summed E-state index contributed by atoms with van der Waals surface area (Å²) in [6, 6.07) is 16.7. The largest absolute Gasteiger partial charge is 0.364 e. The zero-order valence-electron chi connectivity index (χ0n) is 22.2. The number of amides is 2. The number of fused-ring (bicyclic) bond motifs is 1. The highest BCUT2D eigenvalue weighted by molar-refractivity contribution is 5.95. The Hall–Kier alpha value is -3.15. The first-order valence-electron chi connectivity index (χ1n) is 13.9. The van der Waals surface area contributed by atoms with Crippen molar-refractivity contribution in [1.29, 1.82) is 0 Å². The average Bonchev–Trinajstić information content (AvgIpc) is 3.11. The van der Waals surface area contributed by atoms with Gasteiger partial charge in [-0.3, -0.25) is 14.4 Å². The van der Waals surface area contributed by atoms with Crippen LogP contribution < -0.4 is 15.5 Å². The number of hydrogen-bond donors (Lipinski definition) is 2. The van der Waals surface area contributed by atoms with Gasteiger partial charge < -0.3 is 15.5 Å². The normalized spacial score (nSPS) is 20.5. The zero-order valence-corrected chi connectivity index (χ0v) is 22.2. The van der Waals surface area contributed by atoms with Crippen LogP contribution in [-0.4, -0.2) is 42.8 Å². The number of ketones is 1. The van der Waals surface area contributed by atoms with Gasteiger partial charge in [0, 0.05) is 23.8 Å². The van der Waals surface area contributed by atoms with Gasteiger partial charge in [0.05, 0.1) is 18.5 Å². The molecule has 2 amide bonds. The van der Waals surface area contributed by atoms with Gasteiger partial charge in [0.1, 0.15) is 0 Å². The summed E-state index contributed by atoms with van der Waals surface area (Å²) in [5.74, 6) is -0.277. The van der Waals surface area contributed by atoms with E-state index in [2.05, 4.69) is 47.6 Å². The van der Waals surface area contributed by atoms with E-state index in [0.717, 1.165) is 50.8 Å². The molecule has 0 bridgehead atoms. The molecule has 2 aromatic carbocycles. The van der Waals surface area contributed by atoms with E-state index in [-0.39, 0.29) is 35.5 Å². The molecule has 3 atom stereocenters. The second-order valence-electron chi connectivity index (χ2n) is 11.0. The van der Waals surface area contributed by atoms with Gasteiger partial charge in [-0.2, -0.15) is 0 Å². The summed E-state index contributed by atoms with van der Waals surface area (Å²) in [6.07, 6.45) is 7.21. The fourth-order valence-corrected chi connectivity index (χ4v) is 5.71. The van der Waals surface area contributed by atoms with Gasteiger partial charge in [0.15, 0.2) is 5.78 Å². The lowest BCUT2D eigenvalue weighted by molar-refractivity contribution is -0.131. The first-order chi connectivity index (χ1) is 17.9. The molecule has 0 radical (unpaired) electrons. The topological polar surface area (TPSA) is 78.5 Å². The maximum absolute atomic E-state index is 13.6. The maximum atomic E-state index is 13.6. The summed E-state index contributed by atoms with van der Waals surface area (Å²) >= 11 is 0. The predicted octanol–water partition coefficient (Wildman–Crippen LogP) is 4.92. The number of para-hydroxylation sites is 1. The van der Waals surface area contributed by atoms with Crippen molar-refractivity contribution in [2.24, 2.45) is 11.8 Å². The Morgan fingerprint density at radius 2 is 1.65 bits per heavy atom. The van der Waals surface area contributed by atoms with Gasteiger partial charge >= 0.3 is 0 Å². The first-order valence-corrected chi connectivity index (χ1v) is 13.9. The Morgan fingerprint density at radius 1 is 0.919 bits per heavy atom. The first kappa shape index (κ1) is 26.9. The zero-order chi connectivity index (χ0) is 26.2. The summed E-state index contributed by atoms with van der Waals surface area (Å²) in [5.41, 5.74) is 3.02. The number of nitrogens with zero attached hydrogens (tertiary/aromatic N) is 1. The van der Waals surface area contributed by atoms with Crippen LogP contribution in [0.2, 0.25) is 0 Å². The Morgan fingerprint density at radius 3 is 2.43 bits per heavy atom. The SMILES string of the molecule is CC(C)CC(NC(=O)C1CCCCC1NC(=O)c1ccccc1)C(=O)CN1CCCCc2ccccc21. The van der Waals surface area contributed by atoms with Gasteiger partial charge in [-0.1, -0.05) is 63.1 Å². The lowest BCUT2D eigenvalue weighted by Gasteiger charge is -2.33. The van der Waals surface area contributed by atoms with Crippen LogP contribution in [0.25, 0.3) is 0 Å². The molecule has 1 saturated carbocycles. The van der Waals surface area contributed by atoms with Crippen molar-refractivity contribution in [2.75, 3.05) is 18.0 Å². The molecule has 1 fully saturated rings. The minimum atomic E-state index is -0.532. The Kier molecular flexibility index (Phi) is 9.37. The molecule has 2 aromatic rings. The van der Waals surface area contributed by atoms with Crippen molar-refractivity contribution in [1.82, 2.24) is 10.6 Å². The number of carbonyl (C=O) groups is 3. The van der Waals surface area contributed by atoms with Crippen LogP contribution in [0.1, 0.15) is 74.7 Å². The van der Waals surface area contributed by atoms with Crippen molar-refractivity contribution >= 4 is 23.3 Å². The number of Topliss-reactive ketones (excluding diaryl/α,β-unsaturated/α-hetero) is 1. The van der Waals surface area contributed by atoms with E-state index < -0.39 is 6.04 Å². The molecule has 4 rings (SSSR count). The molecule has 2 N–H and O–H groups in total. The number of anilines is 1. The predicted molar refractivity (Wildman–Crippen MR) is 148 cm³/mol. The molecule has 1 aliphatic carbocycles. The van der Waals surface area contributed by atoms with E-state index in [1.165, 1.54) is 5.56 Å². The van der Waals surface area contributed by atoms with E-state index in [4.69, 9.17) is 0 Å². The van der Waals surface area contributed by atoms with Gasteiger partial charge in [-0.15, -0.1) is 0 Å². The van der Waals surface area contributed by atoms with Crippen LogP contribution in [0, 0.1) is 11.8 Å². The van der Waals surface area contributed by atoms with Crippen molar-refractivity contribution in [3.05, 3.63) is 65.7 Å². The Labute approximate surface area is 221 Å².